The van der Waals surface area contributed by atoms with Crippen LogP contribution in [0.1, 0.15) is 39.5 Å². The fraction of sp³-hybridized carbons (Fsp3) is 0.917. The molecule has 1 aliphatic heterocycles. The summed E-state index contributed by atoms with van der Waals surface area (Å²) < 4.78 is 4.99. The van der Waals surface area contributed by atoms with Gasteiger partial charge in [0, 0.05) is 32.3 Å². The summed E-state index contributed by atoms with van der Waals surface area (Å²) in [7, 11) is 1.70. The number of aliphatic imine (C=N–C) groups is 1. The van der Waals surface area contributed by atoms with Gasteiger partial charge in [0.1, 0.15) is 0 Å². The first kappa shape index (κ1) is 15.2. The van der Waals surface area contributed by atoms with Crippen LogP contribution in [-0.2, 0) is 4.74 Å². The second kappa shape index (κ2) is 8.29. The van der Waals surface area contributed by atoms with Crippen molar-refractivity contribution in [3.8, 4) is 0 Å². The van der Waals surface area contributed by atoms with Gasteiger partial charge in [0.2, 0.25) is 5.96 Å². The Morgan fingerprint density at radius 2 is 2.06 bits per heavy atom. The van der Waals surface area contributed by atoms with Crippen LogP contribution < -0.4 is 16.7 Å². The lowest BCUT2D eigenvalue weighted by Crippen LogP contribution is -2.58. The summed E-state index contributed by atoms with van der Waals surface area (Å²) in [6, 6.07) is 1.01. The Labute approximate surface area is 110 Å². The van der Waals surface area contributed by atoms with Gasteiger partial charge in [-0.25, -0.2) is 10.9 Å². The first-order chi connectivity index (χ1) is 8.69. The van der Waals surface area contributed by atoms with Crippen molar-refractivity contribution in [1.29, 1.82) is 0 Å². The molecule has 0 aromatic carbocycles. The molecule has 1 fully saturated rings. The molecule has 6 nitrogen and oxygen atoms in total. The number of guanidine groups is 1. The minimum atomic E-state index is 0.506. The van der Waals surface area contributed by atoms with Gasteiger partial charge >= 0.3 is 0 Å². The van der Waals surface area contributed by atoms with E-state index in [4.69, 9.17) is 10.6 Å². The minimum Gasteiger partial charge on any atom is -0.385 e. The summed E-state index contributed by atoms with van der Waals surface area (Å²) in [4.78, 5) is 4.39. The normalized spacial score (nSPS) is 26.1. The Kier molecular flexibility index (Phi) is 7.00. The molecule has 4 N–H and O–H groups in total. The van der Waals surface area contributed by atoms with Gasteiger partial charge in [0.05, 0.1) is 0 Å². The van der Waals surface area contributed by atoms with Crippen molar-refractivity contribution >= 4 is 5.96 Å². The van der Waals surface area contributed by atoms with Crippen molar-refractivity contribution in [1.82, 2.24) is 15.9 Å². The zero-order valence-corrected chi connectivity index (χ0v) is 11.8. The minimum absolute atomic E-state index is 0.506. The van der Waals surface area contributed by atoms with Crippen LogP contribution in [0.25, 0.3) is 0 Å². The van der Waals surface area contributed by atoms with E-state index in [-0.39, 0.29) is 0 Å². The fourth-order valence-corrected chi connectivity index (χ4v) is 2.28. The summed E-state index contributed by atoms with van der Waals surface area (Å²) in [6.07, 6.45) is 4.60. The second-order valence-corrected chi connectivity index (χ2v) is 4.87. The van der Waals surface area contributed by atoms with Crippen LogP contribution >= 0.6 is 0 Å². The number of nitrogens with zero attached hydrogens (tertiary/aromatic N) is 2. The highest BCUT2D eigenvalue weighted by molar-refractivity contribution is 5.78. The van der Waals surface area contributed by atoms with Crippen molar-refractivity contribution < 1.29 is 4.74 Å². The molecular weight excluding hydrogens is 230 g/mol. The maximum absolute atomic E-state index is 5.49. The standard InChI is InChI=1S/C12H27N5O/c1-10-6-4-7-11(2)17(10)16-12(15-13)14-8-5-9-18-3/h10-11H,4-9,13H2,1-3H3,(H2,14,15,16). The van der Waals surface area contributed by atoms with E-state index in [9.17, 15) is 0 Å². The van der Waals surface area contributed by atoms with Gasteiger partial charge in [0.15, 0.2) is 0 Å². The van der Waals surface area contributed by atoms with Gasteiger partial charge < -0.3 is 4.74 Å². The zero-order valence-electron chi connectivity index (χ0n) is 11.8. The third-order valence-electron chi connectivity index (χ3n) is 3.34. The SMILES string of the molecule is COCCCN=C(NN)NN1C(C)CCCC1C. The van der Waals surface area contributed by atoms with E-state index in [2.05, 4.69) is 34.7 Å². The van der Waals surface area contributed by atoms with Gasteiger partial charge in [-0.05, 0) is 33.1 Å². The summed E-state index contributed by atoms with van der Waals surface area (Å²) in [5, 5.41) is 2.23. The number of nitrogens with one attached hydrogen (secondary N) is 2. The second-order valence-electron chi connectivity index (χ2n) is 4.87. The van der Waals surface area contributed by atoms with Crippen LogP contribution in [0.2, 0.25) is 0 Å². The maximum atomic E-state index is 5.49. The molecule has 2 atom stereocenters. The molecular formula is C12H27N5O. The first-order valence-corrected chi connectivity index (χ1v) is 6.74. The molecule has 0 radical (unpaired) electrons. The van der Waals surface area contributed by atoms with Crippen molar-refractivity contribution in [3.05, 3.63) is 0 Å². The highest BCUT2D eigenvalue weighted by Crippen LogP contribution is 2.19. The van der Waals surface area contributed by atoms with Crippen LogP contribution in [0.4, 0.5) is 0 Å². The predicted molar refractivity (Wildman–Crippen MR) is 73.9 cm³/mol. The third kappa shape index (κ3) is 4.80. The molecule has 1 aliphatic rings. The maximum Gasteiger partial charge on any atom is 0.220 e. The summed E-state index contributed by atoms with van der Waals surface area (Å²) in [5.41, 5.74) is 5.91. The topological polar surface area (TPSA) is 74.9 Å². The first-order valence-electron chi connectivity index (χ1n) is 6.74. The molecule has 1 heterocycles. The lowest BCUT2D eigenvalue weighted by molar-refractivity contribution is 0.0724. The molecule has 0 amide bonds. The average molecular weight is 257 g/mol. The molecule has 0 spiro atoms. The van der Waals surface area contributed by atoms with Crippen molar-refractivity contribution in [3.63, 3.8) is 0 Å². The molecule has 18 heavy (non-hydrogen) atoms. The number of hydrogen-bond donors (Lipinski definition) is 3. The summed E-state index contributed by atoms with van der Waals surface area (Å²) in [6.45, 7) is 5.87. The molecule has 1 saturated heterocycles. The van der Waals surface area contributed by atoms with Crippen LogP contribution in [0, 0.1) is 0 Å². The Morgan fingerprint density at radius 3 is 2.61 bits per heavy atom. The number of methoxy groups -OCH3 is 1. The van der Waals surface area contributed by atoms with Crippen LogP contribution in [0.5, 0.6) is 0 Å². The number of rotatable bonds is 5. The lowest BCUT2D eigenvalue weighted by atomic mass is 10.00. The largest absolute Gasteiger partial charge is 0.385 e. The Bertz CT molecular complexity index is 249. The molecule has 0 saturated carbocycles. The van der Waals surface area contributed by atoms with E-state index in [1.54, 1.807) is 7.11 Å². The van der Waals surface area contributed by atoms with E-state index in [0.29, 0.717) is 24.6 Å². The molecule has 0 aromatic heterocycles. The highest BCUT2D eigenvalue weighted by atomic mass is 16.5. The molecule has 106 valence electrons. The summed E-state index contributed by atoms with van der Waals surface area (Å²) in [5.74, 6) is 6.13. The molecule has 1 rings (SSSR count). The lowest BCUT2D eigenvalue weighted by Gasteiger charge is -2.39. The number of hydrazine groups is 2. The molecule has 0 aromatic rings. The van der Waals surface area contributed by atoms with E-state index < -0.39 is 0 Å². The molecule has 0 aliphatic carbocycles. The fourth-order valence-electron chi connectivity index (χ4n) is 2.28. The molecule has 6 heteroatoms. The van der Waals surface area contributed by atoms with E-state index in [1.165, 1.54) is 19.3 Å². The van der Waals surface area contributed by atoms with E-state index >= 15 is 0 Å². The van der Waals surface area contributed by atoms with Crippen molar-refractivity contribution in [2.45, 2.75) is 51.6 Å². The molecule has 0 bridgehead atoms. The molecule has 2 unspecified atom stereocenters. The highest BCUT2D eigenvalue weighted by Gasteiger charge is 2.25. The van der Waals surface area contributed by atoms with Gasteiger partial charge in [-0.3, -0.25) is 15.8 Å². The monoisotopic (exact) mass is 257 g/mol. The van der Waals surface area contributed by atoms with Crippen LogP contribution in [0.3, 0.4) is 0 Å². The van der Waals surface area contributed by atoms with Gasteiger partial charge in [-0.15, -0.1) is 0 Å². The van der Waals surface area contributed by atoms with Crippen LogP contribution in [-0.4, -0.2) is 43.3 Å². The number of nitrogens with two attached hydrogens (primary N) is 1. The van der Waals surface area contributed by atoms with Crippen molar-refractivity contribution in [2.24, 2.45) is 10.8 Å². The van der Waals surface area contributed by atoms with Crippen molar-refractivity contribution in [2.75, 3.05) is 20.3 Å². The van der Waals surface area contributed by atoms with Crippen LogP contribution in [0.15, 0.2) is 4.99 Å². The Hall–Kier alpha value is -0.850. The number of piperidine rings is 1. The van der Waals surface area contributed by atoms with Gasteiger partial charge in [-0.2, -0.15) is 0 Å². The summed E-state index contributed by atoms with van der Waals surface area (Å²) >= 11 is 0. The number of hydrogen-bond acceptors (Lipinski definition) is 4. The zero-order chi connectivity index (χ0) is 13.4. The van der Waals surface area contributed by atoms with Gasteiger partial charge in [0.25, 0.3) is 0 Å². The van der Waals surface area contributed by atoms with E-state index in [0.717, 1.165) is 13.0 Å². The third-order valence-corrected chi connectivity index (χ3v) is 3.34. The predicted octanol–water partition coefficient (Wildman–Crippen LogP) is 0.610. The van der Waals surface area contributed by atoms with E-state index in [1.807, 2.05) is 0 Å². The van der Waals surface area contributed by atoms with Gasteiger partial charge in [-0.1, -0.05) is 6.42 Å². The number of ether oxygens (including phenoxy) is 1. The smallest absolute Gasteiger partial charge is 0.220 e. The Morgan fingerprint density at radius 1 is 1.39 bits per heavy atom. The Balaban J connectivity index is 2.45. The quantitative estimate of drug-likeness (QED) is 0.221. The average Bonchev–Trinajstić information content (AvgIpc) is 2.36.